The maximum absolute atomic E-state index is 12.7. The molecule has 0 aliphatic carbocycles. The van der Waals surface area contributed by atoms with Crippen molar-refractivity contribution < 1.29 is 19.4 Å². The maximum atomic E-state index is 12.7. The minimum atomic E-state index is -0.490. The van der Waals surface area contributed by atoms with Crippen molar-refractivity contribution in [2.24, 2.45) is 0 Å². The van der Waals surface area contributed by atoms with Gasteiger partial charge in [0, 0.05) is 17.1 Å². The number of aryl methyl sites for hydroxylation is 1. The molecule has 3 N–H and O–H groups in total. The van der Waals surface area contributed by atoms with Gasteiger partial charge in [0.1, 0.15) is 17.2 Å². The summed E-state index contributed by atoms with van der Waals surface area (Å²) in [6.07, 6.45) is 1.59. The first-order chi connectivity index (χ1) is 15.4. The number of aliphatic hydroxyl groups excluding tert-OH is 1. The number of hydrogen-bond donors (Lipinski definition) is 3. The highest BCUT2D eigenvalue weighted by Gasteiger charge is 2.14. The Labute approximate surface area is 191 Å². The first-order valence-electron chi connectivity index (χ1n) is 9.97. The molecule has 0 fully saturated rings. The summed E-state index contributed by atoms with van der Waals surface area (Å²) in [5, 5.41) is 14.8. The average Bonchev–Trinajstić information content (AvgIpc) is 2.80. The van der Waals surface area contributed by atoms with Gasteiger partial charge in [-0.3, -0.25) is 9.59 Å². The normalized spacial score (nSPS) is 11.0. The van der Waals surface area contributed by atoms with Crippen LogP contribution in [0.25, 0.3) is 6.08 Å². The first-order valence-corrected chi connectivity index (χ1v) is 10.3. The van der Waals surface area contributed by atoms with Gasteiger partial charge >= 0.3 is 0 Å². The zero-order chi connectivity index (χ0) is 22.9. The molecule has 3 aromatic rings. The Morgan fingerprint density at radius 3 is 2.12 bits per heavy atom. The molecular formula is C25H23ClN2O4. The lowest BCUT2D eigenvalue weighted by Crippen LogP contribution is -2.36. The summed E-state index contributed by atoms with van der Waals surface area (Å²) in [7, 11) is 0. The highest BCUT2D eigenvalue weighted by molar-refractivity contribution is 6.30. The van der Waals surface area contributed by atoms with Crippen LogP contribution in [0.15, 0.2) is 78.5 Å². The quantitative estimate of drug-likeness (QED) is 0.446. The van der Waals surface area contributed by atoms with Crippen molar-refractivity contribution in [2.45, 2.75) is 6.92 Å². The van der Waals surface area contributed by atoms with E-state index in [9.17, 15) is 9.59 Å². The van der Waals surface area contributed by atoms with Crippen LogP contribution >= 0.6 is 11.6 Å². The second-order valence-corrected chi connectivity index (χ2v) is 7.42. The molecular weight excluding hydrogens is 428 g/mol. The molecule has 164 valence electrons. The van der Waals surface area contributed by atoms with Gasteiger partial charge in [-0.05, 0) is 67.1 Å². The van der Waals surface area contributed by atoms with Gasteiger partial charge in [-0.1, -0.05) is 41.4 Å². The zero-order valence-corrected chi connectivity index (χ0v) is 18.2. The summed E-state index contributed by atoms with van der Waals surface area (Å²) in [5.41, 5.74) is 2.28. The third-order valence-electron chi connectivity index (χ3n) is 4.44. The highest BCUT2D eigenvalue weighted by Crippen LogP contribution is 2.23. The van der Waals surface area contributed by atoms with Crippen LogP contribution in [0.1, 0.15) is 21.5 Å². The molecule has 0 unspecified atom stereocenters. The van der Waals surface area contributed by atoms with E-state index in [1.165, 1.54) is 0 Å². The number of benzene rings is 3. The lowest BCUT2D eigenvalue weighted by molar-refractivity contribution is -0.117. The second-order valence-electron chi connectivity index (χ2n) is 6.98. The molecule has 0 saturated carbocycles. The predicted molar refractivity (Wildman–Crippen MR) is 125 cm³/mol. The molecule has 0 aliphatic rings. The molecule has 2 amide bonds. The number of hydrogen-bond acceptors (Lipinski definition) is 4. The monoisotopic (exact) mass is 450 g/mol. The first kappa shape index (κ1) is 23.1. The van der Waals surface area contributed by atoms with Gasteiger partial charge in [0.15, 0.2) is 0 Å². The number of carbonyl (C=O) groups is 2. The van der Waals surface area contributed by atoms with Crippen LogP contribution in [0, 0.1) is 6.92 Å². The van der Waals surface area contributed by atoms with E-state index in [0.717, 1.165) is 11.1 Å². The number of halogens is 1. The Morgan fingerprint density at radius 2 is 1.53 bits per heavy atom. The van der Waals surface area contributed by atoms with Crippen LogP contribution in [0.4, 0.5) is 0 Å². The fraction of sp³-hybridized carbons (Fsp3) is 0.120. The molecule has 32 heavy (non-hydrogen) atoms. The van der Waals surface area contributed by atoms with Gasteiger partial charge in [-0.2, -0.15) is 0 Å². The lowest BCUT2D eigenvalue weighted by Gasteiger charge is -2.11. The largest absolute Gasteiger partial charge is 0.457 e. The van der Waals surface area contributed by atoms with Crippen molar-refractivity contribution in [2.75, 3.05) is 13.2 Å². The summed E-state index contributed by atoms with van der Waals surface area (Å²) < 4.78 is 5.73. The van der Waals surface area contributed by atoms with E-state index in [2.05, 4.69) is 10.6 Å². The van der Waals surface area contributed by atoms with Crippen LogP contribution < -0.4 is 15.4 Å². The molecule has 0 aliphatic heterocycles. The van der Waals surface area contributed by atoms with Gasteiger partial charge < -0.3 is 20.5 Å². The van der Waals surface area contributed by atoms with Crippen molar-refractivity contribution in [1.82, 2.24) is 10.6 Å². The van der Waals surface area contributed by atoms with Crippen LogP contribution in [-0.4, -0.2) is 30.1 Å². The minimum Gasteiger partial charge on any atom is -0.457 e. The summed E-state index contributed by atoms with van der Waals surface area (Å²) in [6, 6.07) is 21.0. The van der Waals surface area contributed by atoms with E-state index in [-0.39, 0.29) is 18.8 Å². The van der Waals surface area contributed by atoms with Crippen LogP contribution in [-0.2, 0) is 4.79 Å². The zero-order valence-electron chi connectivity index (χ0n) is 17.5. The van der Waals surface area contributed by atoms with Gasteiger partial charge in [-0.25, -0.2) is 0 Å². The van der Waals surface area contributed by atoms with E-state index < -0.39 is 11.8 Å². The van der Waals surface area contributed by atoms with Crippen molar-refractivity contribution in [3.05, 3.63) is 100 Å². The van der Waals surface area contributed by atoms with Gasteiger partial charge in [0.2, 0.25) is 0 Å². The smallest absolute Gasteiger partial charge is 0.267 e. The molecule has 3 aromatic carbocycles. The number of aliphatic hydroxyl groups is 1. The number of amides is 2. The Bertz CT molecular complexity index is 1090. The highest BCUT2D eigenvalue weighted by atomic mass is 35.5. The van der Waals surface area contributed by atoms with Gasteiger partial charge in [0.25, 0.3) is 11.8 Å². The standard InChI is InChI=1S/C25H23ClN2O4/c1-17-2-4-18(5-3-17)16-23(25(31)27-14-15-29)28-24(30)19-6-10-21(11-7-19)32-22-12-8-20(26)9-13-22/h2-13,16,29H,14-15H2,1H3,(H,27,31)(H,28,30)/b23-16-. The van der Waals surface area contributed by atoms with Crippen molar-refractivity contribution >= 4 is 29.5 Å². The molecule has 0 saturated heterocycles. The van der Waals surface area contributed by atoms with Crippen LogP contribution in [0.5, 0.6) is 11.5 Å². The average molecular weight is 451 g/mol. The van der Waals surface area contributed by atoms with E-state index in [1.807, 2.05) is 31.2 Å². The van der Waals surface area contributed by atoms with Crippen molar-refractivity contribution in [1.29, 1.82) is 0 Å². The fourth-order valence-corrected chi connectivity index (χ4v) is 2.89. The third kappa shape index (κ3) is 6.70. The van der Waals surface area contributed by atoms with Crippen LogP contribution in [0.2, 0.25) is 5.02 Å². The summed E-state index contributed by atoms with van der Waals surface area (Å²) in [5.74, 6) is 0.242. The lowest BCUT2D eigenvalue weighted by atomic mass is 10.1. The molecule has 3 rings (SSSR count). The molecule has 0 radical (unpaired) electrons. The van der Waals surface area contributed by atoms with E-state index in [1.54, 1.807) is 54.6 Å². The summed E-state index contributed by atoms with van der Waals surface area (Å²) >= 11 is 5.87. The van der Waals surface area contributed by atoms with Gasteiger partial charge in [0.05, 0.1) is 6.61 Å². The Kier molecular flexibility index (Phi) is 8.02. The van der Waals surface area contributed by atoms with E-state index in [0.29, 0.717) is 22.1 Å². The second kappa shape index (κ2) is 11.1. The number of nitrogens with one attached hydrogen (secondary N) is 2. The Balaban J connectivity index is 1.73. The molecule has 0 atom stereocenters. The topological polar surface area (TPSA) is 87.7 Å². The molecule has 0 heterocycles. The van der Waals surface area contributed by atoms with Crippen molar-refractivity contribution in [3.63, 3.8) is 0 Å². The number of rotatable bonds is 8. The molecule has 6 nitrogen and oxygen atoms in total. The Morgan fingerprint density at radius 1 is 0.938 bits per heavy atom. The maximum Gasteiger partial charge on any atom is 0.267 e. The fourth-order valence-electron chi connectivity index (χ4n) is 2.76. The number of carbonyl (C=O) groups excluding carboxylic acids is 2. The van der Waals surface area contributed by atoms with E-state index in [4.69, 9.17) is 21.4 Å². The molecule has 0 spiro atoms. The molecule has 7 heteroatoms. The Hall–Kier alpha value is -3.61. The SMILES string of the molecule is Cc1ccc(/C=C(\NC(=O)c2ccc(Oc3ccc(Cl)cc3)cc2)C(=O)NCCO)cc1. The molecule has 0 bridgehead atoms. The summed E-state index contributed by atoms with van der Waals surface area (Å²) in [4.78, 5) is 25.2. The van der Waals surface area contributed by atoms with Crippen molar-refractivity contribution in [3.8, 4) is 11.5 Å². The van der Waals surface area contributed by atoms with Gasteiger partial charge in [-0.15, -0.1) is 0 Å². The number of ether oxygens (including phenoxy) is 1. The summed E-state index contributed by atoms with van der Waals surface area (Å²) in [6.45, 7) is 1.84. The predicted octanol–water partition coefficient (Wildman–Crippen LogP) is 4.32. The van der Waals surface area contributed by atoms with Crippen LogP contribution in [0.3, 0.4) is 0 Å². The molecule has 0 aromatic heterocycles. The third-order valence-corrected chi connectivity index (χ3v) is 4.70. The van der Waals surface area contributed by atoms with E-state index >= 15 is 0 Å². The minimum absolute atomic E-state index is 0.0776.